The van der Waals surface area contributed by atoms with Crippen LogP contribution in [0.1, 0.15) is 12.6 Å². The van der Waals surface area contributed by atoms with Gasteiger partial charge in [0.1, 0.15) is 10.3 Å². The van der Waals surface area contributed by atoms with Crippen molar-refractivity contribution < 1.29 is 0 Å². The molecule has 0 bridgehead atoms. The molecule has 0 saturated carbocycles. The zero-order chi connectivity index (χ0) is 17.8. The number of halogens is 1. The summed E-state index contributed by atoms with van der Waals surface area (Å²) < 4.78 is 0.507. The van der Waals surface area contributed by atoms with Gasteiger partial charge in [-0.25, -0.2) is 9.97 Å². The van der Waals surface area contributed by atoms with Crippen molar-refractivity contribution >= 4 is 38.9 Å². The van der Waals surface area contributed by atoms with Gasteiger partial charge in [0.2, 0.25) is 0 Å². The fourth-order valence-corrected chi connectivity index (χ4v) is 2.63. The van der Waals surface area contributed by atoms with Gasteiger partial charge in [0.15, 0.2) is 5.82 Å². The highest BCUT2D eigenvalue weighted by Crippen LogP contribution is 2.27. The lowest BCUT2D eigenvalue weighted by molar-refractivity contribution is 0.492. The Kier molecular flexibility index (Phi) is 5.04. The van der Waals surface area contributed by atoms with E-state index in [0.29, 0.717) is 21.8 Å². The zero-order valence-electron chi connectivity index (χ0n) is 13.9. The Labute approximate surface area is 154 Å². The van der Waals surface area contributed by atoms with Crippen LogP contribution in [0.2, 0.25) is 0 Å². The molecule has 0 radical (unpaired) electrons. The Bertz CT molecular complexity index is 967. The SMILES string of the molecule is C/C=C\N(C)/N=C/c1nc(N)c(Br)nc1-c1ccc2ncccc2c1. The van der Waals surface area contributed by atoms with Crippen LogP contribution < -0.4 is 5.73 Å². The van der Waals surface area contributed by atoms with E-state index in [9.17, 15) is 0 Å². The maximum absolute atomic E-state index is 5.90. The summed E-state index contributed by atoms with van der Waals surface area (Å²) in [5.41, 5.74) is 9.05. The minimum absolute atomic E-state index is 0.321. The molecular weight excluding hydrogens is 380 g/mol. The van der Waals surface area contributed by atoms with Crippen LogP contribution in [0, 0.1) is 0 Å². The Hall–Kier alpha value is -2.80. The third kappa shape index (κ3) is 3.83. The molecule has 25 heavy (non-hydrogen) atoms. The molecule has 0 amide bonds. The van der Waals surface area contributed by atoms with Gasteiger partial charge in [-0.05, 0) is 41.1 Å². The molecule has 0 spiro atoms. The molecule has 0 unspecified atom stereocenters. The van der Waals surface area contributed by atoms with Crippen molar-refractivity contribution in [1.82, 2.24) is 20.0 Å². The Morgan fingerprint density at radius 2 is 2.08 bits per heavy atom. The van der Waals surface area contributed by atoms with Crippen molar-refractivity contribution in [3.05, 3.63) is 59.1 Å². The monoisotopic (exact) mass is 396 g/mol. The van der Waals surface area contributed by atoms with Crippen molar-refractivity contribution in [2.24, 2.45) is 5.10 Å². The molecule has 0 fully saturated rings. The Morgan fingerprint density at radius 3 is 2.88 bits per heavy atom. The van der Waals surface area contributed by atoms with Crippen LogP contribution in [-0.2, 0) is 0 Å². The number of hydrazone groups is 1. The van der Waals surface area contributed by atoms with E-state index in [-0.39, 0.29) is 0 Å². The number of fused-ring (bicyclic) bond motifs is 1. The van der Waals surface area contributed by atoms with E-state index in [1.165, 1.54) is 0 Å². The molecule has 0 aliphatic rings. The summed E-state index contributed by atoms with van der Waals surface area (Å²) in [7, 11) is 1.84. The lowest BCUT2D eigenvalue weighted by Crippen LogP contribution is -2.06. The normalized spacial score (nSPS) is 11.6. The average Bonchev–Trinajstić information content (AvgIpc) is 2.62. The maximum Gasteiger partial charge on any atom is 0.157 e. The average molecular weight is 397 g/mol. The minimum atomic E-state index is 0.321. The summed E-state index contributed by atoms with van der Waals surface area (Å²) in [5, 5.41) is 7.06. The van der Waals surface area contributed by atoms with Crippen LogP contribution in [0.3, 0.4) is 0 Å². The summed E-state index contributed by atoms with van der Waals surface area (Å²) in [4.78, 5) is 13.3. The molecule has 0 atom stereocenters. The fraction of sp³-hybridized carbons (Fsp3) is 0.111. The number of allylic oxidation sites excluding steroid dienone is 1. The molecule has 0 aliphatic carbocycles. The van der Waals surface area contributed by atoms with Crippen LogP contribution in [0.5, 0.6) is 0 Å². The molecule has 3 aromatic rings. The third-order valence-electron chi connectivity index (χ3n) is 3.51. The molecule has 2 aromatic heterocycles. The summed E-state index contributed by atoms with van der Waals surface area (Å²) in [6.07, 6.45) is 7.17. The Morgan fingerprint density at radius 1 is 1.24 bits per heavy atom. The fourth-order valence-electron chi connectivity index (χ4n) is 2.37. The number of anilines is 1. The van der Waals surface area contributed by atoms with Gasteiger partial charge in [0.25, 0.3) is 0 Å². The van der Waals surface area contributed by atoms with E-state index in [0.717, 1.165) is 16.5 Å². The summed E-state index contributed by atoms with van der Waals surface area (Å²) in [6.45, 7) is 1.93. The lowest BCUT2D eigenvalue weighted by atomic mass is 10.1. The first kappa shape index (κ1) is 17.0. The molecule has 6 nitrogen and oxygen atoms in total. The number of hydrogen-bond donors (Lipinski definition) is 1. The molecule has 2 N–H and O–H groups in total. The predicted octanol–water partition coefficient (Wildman–Crippen LogP) is 3.84. The number of aromatic nitrogens is 3. The van der Waals surface area contributed by atoms with Crippen molar-refractivity contribution in [2.45, 2.75) is 6.92 Å². The van der Waals surface area contributed by atoms with Crippen LogP contribution in [0.15, 0.2) is 58.5 Å². The van der Waals surface area contributed by atoms with E-state index < -0.39 is 0 Å². The zero-order valence-corrected chi connectivity index (χ0v) is 15.5. The van der Waals surface area contributed by atoms with Crippen LogP contribution >= 0.6 is 15.9 Å². The smallest absolute Gasteiger partial charge is 0.157 e. The second-order valence-corrected chi connectivity index (χ2v) is 6.10. The number of nitrogen functional groups attached to an aromatic ring is 1. The van der Waals surface area contributed by atoms with Crippen molar-refractivity contribution in [1.29, 1.82) is 0 Å². The highest BCUT2D eigenvalue weighted by Gasteiger charge is 2.12. The van der Waals surface area contributed by atoms with E-state index in [1.54, 1.807) is 17.4 Å². The quantitative estimate of drug-likeness (QED) is 0.535. The summed E-state index contributed by atoms with van der Waals surface area (Å²) in [5.74, 6) is 0.321. The molecule has 3 rings (SSSR count). The number of nitrogens with zero attached hydrogens (tertiary/aromatic N) is 5. The standard InChI is InChI=1S/C18H17BrN6/c1-3-9-25(2)22-11-15-16(24-17(19)18(20)23-15)13-6-7-14-12(10-13)5-4-8-21-14/h3-11H,1-2H3,(H2,20,23)/b9-3-,22-11+. The van der Waals surface area contributed by atoms with E-state index in [4.69, 9.17) is 5.73 Å². The number of benzene rings is 1. The first-order valence-electron chi connectivity index (χ1n) is 7.66. The van der Waals surface area contributed by atoms with Crippen molar-refractivity contribution in [2.75, 3.05) is 12.8 Å². The number of pyridine rings is 1. The molecule has 0 saturated heterocycles. The van der Waals surface area contributed by atoms with Crippen LogP contribution in [-0.4, -0.2) is 33.2 Å². The highest BCUT2D eigenvalue weighted by molar-refractivity contribution is 9.10. The molecule has 126 valence electrons. The second-order valence-electron chi connectivity index (χ2n) is 5.35. The minimum Gasteiger partial charge on any atom is -0.381 e. The molecular formula is C18H17BrN6. The second kappa shape index (κ2) is 7.40. The topological polar surface area (TPSA) is 80.3 Å². The van der Waals surface area contributed by atoms with Gasteiger partial charge < -0.3 is 5.73 Å². The summed E-state index contributed by atoms with van der Waals surface area (Å²) >= 11 is 3.36. The number of hydrogen-bond acceptors (Lipinski definition) is 6. The summed E-state index contributed by atoms with van der Waals surface area (Å²) in [6, 6.07) is 9.88. The van der Waals surface area contributed by atoms with Gasteiger partial charge in [-0.15, -0.1) is 0 Å². The number of nitrogens with two attached hydrogens (primary N) is 1. The van der Waals surface area contributed by atoms with Gasteiger partial charge in [0.05, 0.1) is 17.4 Å². The van der Waals surface area contributed by atoms with Gasteiger partial charge in [-0.2, -0.15) is 5.10 Å². The predicted molar refractivity (Wildman–Crippen MR) is 105 cm³/mol. The first-order valence-corrected chi connectivity index (χ1v) is 8.45. The number of rotatable bonds is 4. The molecule has 7 heteroatoms. The van der Waals surface area contributed by atoms with Crippen LogP contribution in [0.4, 0.5) is 5.82 Å². The lowest BCUT2D eigenvalue weighted by Gasteiger charge is -2.10. The molecule has 0 aliphatic heterocycles. The van der Waals surface area contributed by atoms with Crippen LogP contribution in [0.25, 0.3) is 22.2 Å². The van der Waals surface area contributed by atoms with Gasteiger partial charge in [0, 0.05) is 30.4 Å². The van der Waals surface area contributed by atoms with Gasteiger partial charge >= 0.3 is 0 Å². The van der Waals surface area contributed by atoms with E-state index in [2.05, 4.69) is 36.0 Å². The van der Waals surface area contributed by atoms with Crippen molar-refractivity contribution in [3.63, 3.8) is 0 Å². The van der Waals surface area contributed by atoms with Gasteiger partial charge in [-0.1, -0.05) is 18.2 Å². The van der Waals surface area contributed by atoms with E-state index >= 15 is 0 Å². The van der Waals surface area contributed by atoms with E-state index in [1.807, 2.05) is 56.6 Å². The molecule has 1 aromatic carbocycles. The Balaban J connectivity index is 2.11. The van der Waals surface area contributed by atoms with Crippen molar-refractivity contribution in [3.8, 4) is 11.3 Å². The first-order chi connectivity index (χ1) is 12.1. The largest absolute Gasteiger partial charge is 0.381 e. The highest BCUT2D eigenvalue weighted by atomic mass is 79.9. The third-order valence-corrected chi connectivity index (χ3v) is 4.09. The maximum atomic E-state index is 5.90. The molecule has 2 heterocycles. The van der Waals surface area contributed by atoms with Gasteiger partial charge in [-0.3, -0.25) is 9.99 Å².